The molecule has 0 unspecified atom stereocenters. The van der Waals surface area contributed by atoms with Gasteiger partial charge in [0.25, 0.3) is 0 Å². The first kappa shape index (κ1) is 9.71. The van der Waals surface area contributed by atoms with Crippen LogP contribution in [0.4, 0.5) is 0 Å². The number of hydrogen-bond donors (Lipinski definition) is 1. The lowest BCUT2D eigenvalue weighted by Gasteiger charge is -2.21. The van der Waals surface area contributed by atoms with Crippen LogP contribution in [0.25, 0.3) is 0 Å². The van der Waals surface area contributed by atoms with Gasteiger partial charge in [0.15, 0.2) is 0 Å². The molecule has 3 heteroatoms. The molecule has 1 N–H and O–H groups in total. The van der Waals surface area contributed by atoms with E-state index >= 15 is 0 Å². The van der Waals surface area contributed by atoms with Gasteiger partial charge in [-0.25, -0.2) is 4.98 Å². The van der Waals surface area contributed by atoms with E-state index in [-0.39, 0.29) is 6.61 Å². The molecule has 0 saturated heterocycles. The molecule has 1 heterocycles. The summed E-state index contributed by atoms with van der Waals surface area (Å²) < 4.78 is 2.09. The summed E-state index contributed by atoms with van der Waals surface area (Å²) in [5.74, 6) is 1.81. The molecule has 0 radical (unpaired) electrons. The summed E-state index contributed by atoms with van der Waals surface area (Å²) in [5, 5.41) is 8.91. The number of rotatable bonds is 3. The molecule has 0 bridgehead atoms. The highest BCUT2D eigenvalue weighted by Gasteiger charge is 2.19. The molecular weight excluding hydrogens is 176 g/mol. The van der Waals surface area contributed by atoms with Crippen LogP contribution >= 0.6 is 0 Å². The minimum absolute atomic E-state index is 0.204. The standard InChI is InChI=1S/C11H18N2O/c14-9-8-13-7-6-12-11(13)10-4-2-1-3-5-10/h6-7,10,14H,1-5,8-9H2. The normalized spacial score (nSPS) is 18.6. The molecule has 1 fully saturated rings. The van der Waals surface area contributed by atoms with Crippen molar-refractivity contribution >= 4 is 0 Å². The van der Waals surface area contributed by atoms with Crippen LogP contribution in [0.15, 0.2) is 12.4 Å². The third-order valence-electron chi connectivity index (χ3n) is 3.06. The van der Waals surface area contributed by atoms with Crippen molar-refractivity contribution in [3.8, 4) is 0 Å². The first-order valence-corrected chi connectivity index (χ1v) is 5.53. The molecule has 3 nitrogen and oxygen atoms in total. The average Bonchev–Trinajstić information content (AvgIpc) is 2.68. The first-order valence-electron chi connectivity index (χ1n) is 5.53. The Hall–Kier alpha value is -0.830. The lowest BCUT2D eigenvalue weighted by atomic mass is 9.88. The molecule has 1 aliphatic carbocycles. The lowest BCUT2D eigenvalue weighted by molar-refractivity contribution is 0.271. The van der Waals surface area contributed by atoms with Crippen LogP contribution in [0.2, 0.25) is 0 Å². The quantitative estimate of drug-likeness (QED) is 0.798. The Morgan fingerprint density at radius 1 is 1.36 bits per heavy atom. The highest BCUT2D eigenvalue weighted by molar-refractivity contribution is 5.01. The number of aliphatic hydroxyl groups excluding tert-OH is 1. The van der Waals surface area contributed by atoms with Gasteiger partial charge in [0, 0.05) is 24.9 Å². The van der Waals surface area contributed by atoms with E-state index in [0.717, 1.165) is 0 Å². The van der Waals surface area contributed by atoms with E-state index in [0.29, 0.717) is 12.5 Å². The Bertz CT molecular complexity index is 277. The third kappa shape index (κ3) is 1.98. The van der Waals surface area contributed by atoms with Gasteiger partial charge in [0.1, 0.15) is 5.82 Å². The molecule has 0 atom stereocenters. The van der Waals surface area contributed by atoms with E-state index in [1.54, 1.807) is 0 Å². The molecule has 0 spiro atoms. The topological polar surface area (TPSA) is 38.0 Å². The Balaban J connectivity index is 2.09. The van der Waals surface area contributed by atoms with Crippen LogP contribution in [0, 0.1) is 0 Å². The number of nitrogens with zero attached hydrogens (tertiary/aromatic N) is 2. The largest absolute Gasteiger partial charge is 0.395 e. The van der Waals surface area contributed by atoms with Crippen molar-refractivity contribution in [2.45, 2.75) is 44.6 Å². The van der Waals surface area contributed by atoms with Gasteiger partial charge < -0.3 is 9.67 Å². The molecule has 0 aliphatic heterocycles. The Kier molecular flexibility index (Phi) is 3.19. The molecule has 0 aromatic carbocycles. The van der Waals surface area contributed by atoms with Gasteiger partial charge in [0.05, 0.1) is 6.61 Å². The second-order valence-electron chi connectivity index (χ2n) is 4.04. The zero-order valence-corrected chi connectivity index (χ0v) is 8.52. The maximum atomic E-state index is 8.91. The predicted octanol–water partition coefficient (Wildman–Crippen LogP) is 1.92. The van der Waals surface area contributed by atoms with Gasteiger partial charge in [0.2, 0.25) is 0 Å². The SMILES string of the molecule is OCCn1ccnc1C1CCCCC1. The van der Waals surface area contributed by atoms with Crippen molar-refractivity contribution < 1.29 is 5.11 Å². The number of imidazole rings is 1. The van der Waals surface area contributed by atoms with E-state index in [4.69, 9.17) is 5.11 Å². The zero-order chi connectivity index (χ0) is 9.80. The monoisotopic (exact) mass is 194 g/mol. The van der Waals surface area contributed by atoms with Crippen LogP contribution < -0.4 is 0 Å². The summed E-state index contributed by atoms with van der Waals surface area (Å²) in [6.07, 6.45) is 10.4. The summed E-state index contributed by atoms with van der Waals surface area (Å²) in [6.45, 7) is 0.891. The lowest BCUT2D eigenvalue weighted by Crippen LogP contribution is -2.13. The van der Waals surface area contributed by atoms with E-state index in [1.165, 1.54) is 37.9 Å². The fourth-order valence-corrected chi connectivity index (χ4v) is 2.34. The minimum atomic E-state index is 0.204. The molecule has 1 aromatic heterocycles. The van der Waals surface area contributed by atoms with Crippen molar-refractivity contribution in [1.82, 2.24) is 9.55 Å². The Labute approximate surface area is 84.8 Å². The van der Waals surface area contributed by atoms with Gasteiger partial charge in [-0.1, -0.05) is 19.3 Å². The third-order valence-corrected chi connectivity index (χ3v) is 3.06. The minimum Gasteiger partial charge on any atom is -0.395 e. The van der Waals surface area contributed by atoms with Crippen LogP contribution in [0.1, 0.15) is 43.8 Å². The molecule has 14 heavy (non-hydrogen) atoms. The van der Waals surface area contributed by atoms with Gasteiger partial charge in [-0.15, -0.1) is 0 Å². The van der Waals surface area contributed by atoms with E-state index in [9.17, 15) is 0 Å². The van der Waals surface area contributed by atoms with Gasteiger partial charge in [-0.05, 0) is 12.8 Å². The number of aliphatic hydroxyl groups is 1. The molecule has 78 valence electrons. The summed E-state index contributed by atoms with van der Waals surface area (Å²) in [7, 11) is 0. The van der Waals surface area contributed by atoms with Crippen molar-refractivity contribution in [3.05, 3.63) is 18.2 Å². The van der Waals surface area contributed by atoms with Crippen molar-refractivity contribution in [2.75, 3.05) is 6.61 Å². The van der Waals surface area contributed by atoms with Crippen molar-refractivity contribution in [2.24, 2.45) is 0 Å². The highest BCUT2D eigenvalue weighted by atomic mass is 16.3. The van der Waals surface area contributed by atoms with Crippen LogP contribution in [-0.4, -0.2) is 21.3 Å². The average molecular weight is 194 g/mol. The highest BCUT2D eigenvalue weighted by Crippen LogP contribution is 2.31. The van der Waals surface area contributed by atoms with Crippen molar-refractivity contribution in [3.63, 3.8) is 0 Å². The summed E-state index contributed by atoms with van der Waals surface area (Å²) in [5.41, 5.74) is 0. The predicted molar refractivity (Wildman–Crippen MR) is 55.1 cm³/mol. The first-order chi connectivity index (χ1) is 6.92. The molecule has 1 saturated carbocycles. The van der Waals surface area contributed by atoms with E-state index in [2.05, 4.69) is 9.55 Å². The van der Waals surface area contributed by atoms with Gasteiger partial charge >= 0.3 is 0 Å². The fraction of sp³-hybridized carbons (Fsp3) is 0.727. The molecule has 0 amide bonds. The Morgan fingerprint density at radius 2 is 2.14 bits per heavy atom. The number of aromatic nitrogens is 2. The zero-order valence-electron chi connectivity index (χ0n) is 8.52. The summed E-state index contributed by atoms with van der Waals surface area (Å²) in [4.78, 5) is 4.41. The van der Waals surface area contributed by atoms with E-state index < -0.39 is 0 Å². The maximum absolute atomic E-state index is 8.91. The molecule has 1 aromatic rings. The second kappa shape index (κ2) is 4.60. The van der Waals surface area contributed by atoms with Crippen LogP contribution in [0.5, 0.6) is 0 Å². The summed E-state index contributed by atoms with van der Waals surface area (Å²) in [6, 6.07) is 0. The van der Waals surface area contributed by atoms with Crippen LogP contribution in [0.3, 0.4) is 0 Å². The van der Waals surface area contributed by atoms with Gasteiger partial charge in [-0.3, -0.25) is 0 Å². The summed E-state index contributed by atoms with van der Waals surface area (Å²) >= 11 is 0. The van der Waals surface area contributed by atoms with E-state index in [1.807, 2.05) is 12.4 Å². The molecule has 2 rings (SSSR count). The Morgan fingerprint density at radius 3 is 2.86 bits per heavy atom. The smallest absolute Gasteiger partial charge is 0.111 e. The second-order valence-corrected chi connectivity index (χ2v) is 4.04. The fourth-order valence-electron chi connectivity index (χ4n) is 2.34. The maximum Gasteiger partial charge on any atom is 0.111 e. The van der Waals surface area contributed by atoms with Gasteiger partial charge in [-0.2, -0.15) is 0 Å². The van der Waals surface area contributed by atoms with Crippen LogP contribution in [-0.2, 0) is 6.54 Å². The molecule has 1 aliphatic rings. The van der Waals surface area contributed by atoms with Crippen molar-refractivity contribution in [1.29, 1.82) is 0 Å². The number of hydrogen-bond acceptors (Lipinski definition) is 2. The molecular formula is C11H18N2O.